The van der Waals surface area contributed by atoms with Gasteiger partial charge in [-0.2, -0.15) is 5.10 Å². The van der Waals surface area contributed by atoms with E-state index in [2.05, 4.69) is 60.2 Å². The average Bonchev–Trinajstić information content (AvgIpc) is 3.12. The Morgan fingerprint density at radius 3 is 2.95 bits per heavy atom. The maximum absolute atomic E-state index is 6.44. The number of hydrogen-bond acceptors (Lipinski definition) is 3. The molecular formula is C17H23N3S. The number of hydrogen-bond donors (Lipinski definition) is 1. The average molecular weight is 301 g/mol. The molecule has 1 aromatic carbocycles. The van der Waals surface area contributed by atoms with Crippen molar-refractivity contribution < 1.29 is 0 Å². The third-order valence-corrected chi connectivity index (χ3v) is 5.77. The van der Waals surface area contributed by atoms with Crippen molar-refractivity contribution >= 4 is 11.8 Å². The van der Waals surface area contributed by atoms with Gasteiger partial charge in [0.2, 0.25) is 0 Å². The molecule has 2 N–H and O–H groups in total. The van der Waals surface area contributed by atoms with Gasteiger partial charge in [-0.1, -0.05) is 25.1 Å². The van der Waals surface area contributed by atoms with E-state index in [9.17, 15) is 0 Å². The SMILES string of the molecule is CCC(C)n1ccc(CC(N)C2Cc3ccccc3S2)n1. The predicted octanol–water partition coefficient (Wildman–Crippen LogP) is 3.44. The Bertz CT molecular complexity index is 583. The van der Waals surface area contributed by atoms with Crippen molar-refractivity contribution in [2.24, 2.45) is 5.73 Å². The normalized spacial score (nSPS) is 20.2. The van der Waals surface area contributed by atoms with Gasteiger partial charge in [0.15, 0.2) is 0 Å². The van der Waals surface area contributed by atoms with E-state index in [0.29, 0.717) is 11.3 Å². The minimum Gasteiger partial charge on any atom is -0.326 e. The van der Waals surface area contributed by atoms with Gasteiger partial charge in [-0.3, -0.25) is 4.68 Å². The number of thioether (sulfide) groups is 1. The first-order valence-corrected chi connectivity index (χ1v) is 8.59. The van der Waals surface area contributed by atoms with E-state index < -0.39 is 0 Å². The highest BCUT2D eigenvalue weighted by atomic mass is 32.2. The van der Waals surface area contributed by atoms with Crippen molar-refractivity contribution in [3.8, 4) is 0 Å². The third-order valence-electron chi connectivity index (χ3n) is 4.30. The Balaban J connectivity index is 1.63. The van der Waals surface area contributed by atoms with Gasteiger partial charge in [-0.15, -0.1) is 11.8 Å². The molecule has 3 unspecified atom stereocenters. The fourth-order valence-corrected chi connectivity index (χ4v) is 4.06. The summed E-state index contributed by atoms with van der Waals surface area (Å²) in [5, 5.41) is 5.14. The molecule has 1 aliphatic heterocycles. The Hall–Kier alpha value is -1.26. The van der Waals surface area contributed by atoms with Crippen LogP contribution in [0.5, 0.6) is 0 Å². The Kier molecular flexibility index (Phi) is 4.36. The number of benzene rings is 1. The molecule has 0 aliphatic carbocycles. The van der Waals surface area contributed by atoms with Gasteiger partial charge >= 0.3 is 0 Å². The smallest absolute Gasteiger partial charge is 0.0640 e. The van der Waals surface area contributed by atoms with Crippen LogP contribution in [0.15, 0.2) is 41.4 Å². The molecule has 1 aromatic heterocycles. The van der Waals surface area contributed by atoms with Gasteiger partial charge < -0.3 is 5.73 Å². The fraction of sp³-hybridized carbons (Fsp3) is 0.471. The molecule has 2 heterocycles. The van der Waals surface area contributed by atoms with Crippen LogP contribution in [0.2, 0.25) is 0 Å². The molecule has 4 heteroatoms. The van der Waals surface area contributed by atoms with E-state index in [1.165, 1.54) is 10.5 Å². The van der Waals surface area contributed by atoms with Crippen LogP contribution in [0, 0.1) is 0 Å². The molecule has 2 aromatic rings. The standard InChI is InChI=1S/C17H23N3S/c1-3-12(2)20-9-8-14(19-20)11-15(18)17-10-13-6-4-5-7-16(13)21-17/h4-9,12,15,17H,3,10-11,18H2,1-2H3. The maximum Gasteiger partial charge on any atom is 0.0640 e. The van der Waals surface area contributed by atoms with Crippen molar-refractivity contribution in [3.05, 3.63) is 47.8 Å². The van der Waals surface area contributed by atoms with Crippen LogP contribution < -0.4 is 5.73 Å². The summed E-state index contributed by atoms with van der Waals surface area (Å²) in [6, 6.07) is 11.4. The van der Waals surface area contributed by atoms with Crippen molar-refractivity contribution in [3.63, 3.8) is 0 Å². The zero-order valence-electron chi connectivity index (χ0n) is 12.7. The summed E-state index contributed by atoms with van der Waals surface area (Å²) in [7, 11) is 0. The van der Waals surface area contributed by atoms with Crippen molar-refractivity contribution in [1.29, 1.82) is 0 Å². The lowest BCUT2D eigenvalue weighted by molar-refractivity contribution is 0.471. The summed E-state index contributed by atoms with van der Waals surface area (Å²) in [4.78, 5) is 1.39. The van der Waals surface area contributed by atoms with Crippen molar-refractivity contribution in [1.82, 2.24) is 9.78 Å². The first-order valence-electron chi connectivity index (χ1n) is 7.71. The molecule has 1 aliphatic rings. The van der Waals surface area contributed by atoms with Crippen molar-refractivity contribution in [2.75, 3.05) is 0 Å². The molecular weight excluding hydrogens is 278 g/mol. The molecule has 3 atom stereocenters. The molecule has 0 spiro atoms. The van der Waals surface area contributed by atoms with Gasteiger partial charge in [-0.25, -0.2) is 0 Å². The van der Waals surface area contributed by atoms with Crippen LogP contribution in [0.1, 0.15) is 37.6 Å². The summed E-state index contributed by atoms with van der Waals surface area (Å²) in [6.07, 6.45) is 5.11. The summed E-state index contributed by atoms with van der Waals surface area (Å²) in [5.41, 5.74) is 8.99. The molecule has 0 saturated carbocycles. The van der Waals surface area contributed by atoms with Crippen LogP contribution in [0.25, 0.3) is 0 Å². The predicted molar refractivity (Wildman–Crippen MR) is 88.7 cm³/mol. The zero-order chi connectivity index (χ0) is 14.8. The zero-order valence-corrected chi connectivity index (χ0v) is 13.5. The summed E-state index contributed by atoms with van der Waals surface area (Å²) in [6.45, 7) is 4.38. The first kappa shape index (κ1) is 14.7. The summed E-state index contributed by atoms with van der Waals surface area (Å²) in [5.74, 6) is 0. The van der Waals surface area contributed by atoms with E-state index in [-0.39, 0.29) is 6.04 Å². The van der Waals surface area contributed by atoms with Crippen molar-refractivity contribution in [2.45, 2.75) is 55.3 Å². The second-order valence-corrected chi connectivity index (χ2v) is 7.16. The fourth-order valence-electron chi connectivity index (χ4n) is 2.74. The van der Waals surface area contributed by atoms with Crippen LogP contribution in [-0.2, 0) is 12.8 Å². The number of rotatable bonds is 5. The molecule has 0 saturated heterocycles. The van der Waals surface area contributed by atoms with E-state index in [1.54, 1.807) is 0 Å². The van der Waals surface area contributed by atoms with E-state index in [0.717, 1.165) is 25.0 Å². The molecule has 0 amide bonds. The van der Waals surface area contributed by atoms with Gasteiger partial charge in [-0.05, 0) is 37.5 Å². The van der Waals surface area contributed by atoms with E-state index in [1.807, 2.05) is 11.8 Å². The van der Waals surface area contributed by atoms with E-state index in [4.69, 9.17) is 5.73 Å². The second kappa shape index (κ2) is 6.24. The largest absolute Gasteiger partial charge is 0.326 e. The highest BCUT2D eigenvalue weighted by molar-refractivity contribution is 8.00. The van der Waals surface area contributed by atoms with Gasteiger partial charge in [0.1, 0.15) is 0 Å². The molecule has 3 nitrogen and oxygen atoms in total. The minimum atomic E-state index is 0.155. The Labute approximate surface area is 130 Å². The molecule has 0 fully saturated rings. The third kappa shape index (κ3) is 3.16. The molecule has 0 radical (unpaired) electrons. The summed E-state index contributed by atoms with van der Waals surface area (Å²) >= 11 is 1.92. The number of nitrogens with zero attached hydrogens (tertiary/aromatic N) is 2. The number of nitrogens with two attached hydrogens (primary N) is 1. The Morgan fingerprint density at radius 1 is 1.38 bits per heavy atom. The summed E-state index contributed by atoms with van der Waals surface area (Å²) < 4.78 is 2.05. The van der Waals surface area contributed by atoms with Crippen LogP contribution in [0.3, 0.4) is 0 Å². The molecule has 3 rings (SSSR count). The second-order valence-electron chi connectivity index (χ2n) is 5.88. The van der Waals surface area contributed by atoms with E-state index >= 15 is 0 Å². The van der Waals surface area contributed by atoms with Crippen LogP contribution in [-0.4, -0.2) is 21.1 Å². The maximum atomic E-state index is 6.44. The molecule has 21 heavy (non-hydrogen) atoms. The minimum absolute atomic E-state index is 0.155. The van der Waals surface area contributed by atoms with Gasteiger partial charge in [0.05, 0.1) is 5.69 Å². The first-order chi connectivity index (χ1) is 10.2. The highest BCUT2D eigenvalue weighted by Gasteiger charge is 2.27. The topological polar surface area (TPSA) is 43.8 Å². The van der Waals surface area contributed by atoms with Gasteiger partial charge in [0, 0.05) is 34.8 Å². The molecule has 112 valence electrons. The lowest BCUT2D eigenvalue weighted by Crippen LogP contribution is -2.34. The van der Waals surface area contributed by atoms with Crippen LogP contribution in [0.4, 0.5) is 0 Å². The number of aromatic nitrogens is 2. The monoisotopic (exact) mass is 301 g/mol. The highest BCUT2D eigenvalue weighted by Crippen LogP contribution is 2.38. The lowest BCUT2D eigenvalue weighted by atomic mass is 10.0. The number of fused-ring (bicyclic) bond motifs is 1. The lowest BCUT2D eigenvalue weighted by Gasteiger charge is -2.17. The van der Waals surface area contributed by atoms with Crippen LogP contribution >= 0.6 is 11.8 Å². The quantitative estimate of drug-likeness (QED) is 0.920. The Morgan fingerprint density at radius 2 is 2.19 bits per heavy atom. The molecule has 0 bridgehead atoms. The van der Waals surface area contributed by atoms with Gasteiger partial charge in [0.25, 0.3) is 0 Å².